The molecule has 0 aliphatic rings. The normalized spacial score (nSPS) is 12.2. The molecule has 1 atom stereocenters. The van der Waals surface area contributed by atoms with Gasteiger partial charge in [0.1, 0.15) is 6.04 Å². The van der Waals surface area contributed by atoms with Crippen molar-refractivity contribution in [3.8, 4) is 0 Å². The molecule has 82 valence electrons. The highest BCUT2D eigenvalue weighted by Gasteiger charge is 2.19. The highest BCUT2D eigenvalue weighted by atomic mass is 16.5. The molecule has 0 radical (unpaired) electrons. The maximum atomic E-state index is 11.5. The van der Waals surface area contributed by atoms with Crippen molar-refractivity contribution >= 4 is 5.97 Å². The van der Waals surface area contributed by atoms with E-state index in [1.165, 1.54) is 0 Å². The average molecular weight is 208 g/mol. The number of aromatic nitrogens is 1. The van der Waals surface area contributed by atoms with Crippen molar-refractivity contribution in [2.45, 2.75) is 19.9 Å². The Labute approximate surface area is 89.7 Å². The number of esters is 1. The van der Waals surface area contributed by atoms with E-state index in [2.05, 4.69) is 10.3 Å². The number of hydrogen-bond donors (Lipinski definition) is 1. The van der Waals surface area contributed by atoms with Crippen molar-refractivity contribution in [2.24, 2.45) is 0 Å². The summed E-state index contributed by atoms with van der Waals surface area (Å²) in [6.45, 7) is 4.08. The second kappa shape index (κ2) is 5.46. The Balaban J connectivity index is 2.82. The Bertz CT molecular complexity index is 322. The summed E-state index contributed by atoms with van der Waals surface area (Å²) in [7, 11) is 1.72. The molecule has 1 unspecified atom stereocenters. The van der Waals surface area contributed by atoms with Crippen LogP contribution in [0, 0.1) is 6.92 Å². The SMILES string of the molecule is CCOC(=O)C(NC)c1ccc(C)nc1. The minimum atomic E-state index is -0.432. The molecule has 4 nitrogen and oxygen atoms in total. The van der Waals surface area contributed by atoms with E-state index in [9.17, 15) is 4.79 Å². The predicted molar refractivity (Wildman–Crippen MR) is 57.4 cm³/mol. The minimum absolute atomic E-state index is 0.273. The van der Waals surface area contributed by atoms with Gasteiger partial charge in [0, 0.05) is 11.9 Å². The first-order valence-electron chi connectivity index (χ1n) is 4.95. The third-order valence-electron chi connectivity index (χ3n) is 2.08. The fraction of sp³-hybridized carbons (Fsp3) is 0.455. The predicted octanol–water partition coefficient (Wildman–Crippen LogP) is 1.21. The number of hydrogen-bond acceptors (Lipinski definition) is 4. The quantitative estimate of drug-likeness (QED) is 0.756. The van der Waals surface area contributed by atoms with Gasteiger partial charge in [-0.15, -0.1) is 0 Å². The monoisotopic (exact) mass is 208 g/mol. The van der Waals surface area contributed by atoms with E-state index in [0.29, 0.717) is 6.61 Å². The Kier molecular flexibility index (Phi) is 4.24. The van der Waals surface area contributed by atoms with Crippen LogP contribution < -0.4 is 5.32 Å². The van der Waals surface area contributed by atoms with Crippen LogP contribution in [-0.2, 0) is 9.53 Å². The molecule has 1 N–H and O–H groups in total. The zero-order valence-corrected chi connectivity index (χ0v) is 9.28. The molecule has 1 heterocycles. The Morgan fingerprint density at radius 3 is 2.80 bits per heavy atom. The van der Waals surface area contributed by atoms with Gasteiger partial charge in [0.05, 0.1) is 6.61 Å². The van der Waals surface area contributed by atoms with Crippen LogP contribution in [0.4, 0.5) is 0 Å². The highest BCUT2D eigenvalue weighted by Crippen LogP contribution is 2.13. The summed E-state index contributed by atoms with van der Waals surface area (Å²) in [6, 6.07) is 3.32. The van der Waals surface area contributed by atoms with Crippen molar-refractivity contribution in [1.82, 2.24) is 10.3 Å². The van der Waals surface area contributed by atoms with Crippen LogP contribution in [0.15, 0.2) is 18.3 Å². The van der Waals surface area contributed by atoms with Gasteiger partial charge in [0.15, 0.2) is 0 Å². The summed E-state index contributed by atoms with van der Waals surface area (Å²) in [6.07, 6.45) is 1.69. The van der Waals surface area contributed by atoms with Crippen LogP contribution in [0.1, 0.15) is 24.2 Å². The zero-order chi connectivity index (χ0) is 11.3. The lowest BCUT2D eigenvalue weighted by Gasteiger charge is -2.14. The molecular weight excluding hydrogens is 192 g/mol. The van der Waals surface area contributed by atoms with Crippen molar-refractivity contribution < 1.29 is 9.53 Å². The summed E-state index contributed by atoms with van der Waals surface area (Å²) >= 11 is 0. The minimum Gasteiger partial charge on any atom is -0.465 e. The summed E-state index contributed by atoms with van der Waals surface area (Å²) in [5.41, 5.74) is 1.75. The lowest BCUT2D eigenvalue weighted by atomic mass is 10.1. The van der Waals surface area contributed by atoms with E-state index in [4.69, 9.17) is 4.74 Å². The molecule has 0 amide bonds. The third-order valence-corrected chi connectivity index (χ3v) is 2.08. The van der Waals surface area contributed by atoms with Crippen LogP contribution in [0.3, 0.4) is 0 Å². The smallest absolute Gasteiger partial charge is 0.327 e. The Morgan fingerprint density at radius 1 is 1.60 bits per heavy atom. The lowest BCUT2D eigenvalue weighted by molar-refractivity contribution is -0.145. The molecule has 0 bridgehead atoms. The Morgan fingerprint density at radius 2 is 2.33 bits per heavy atom. The summed E-state index contributed by atoms with van der Waals surface area (Å²) in [5.74, 6) is -0.273. The van der Waals surface area contributed by atoms with Crippen molar-refractivity contribution in [3.63, 3.8) is 0 Å². The van der Waals surface area contributed by atoms with Crippen molar-refractivity contribution in [3.05, 3.63) is 29.6 Å². The number of aryl methyl sites for hydroxylation is 1. The molecule has 0 fully saturated rings. The Hall–Kier alpha value is -1.42. The van der Waals surface area contributed by atoms with E-state index < -0.39 is 6.04 Å². The van der Waals surface area contributed by atoms with E-state index in [1.54, 1.807) is 20.2 Å². The molecule has 0 spiro atoms. The molecule has 0 aromatic carbocycles. The van der Waals surface area contributed by atoms with E-state index >= 15 is 0 Å². The maximum absolute atomic E-state index is 11.5. The molecule has 1 rings (SSSR count). The summed E-state index contributed by atoms with van der Waals surface area (Å²) in [4.78, 5) is 15.7. The second-order valence-electron chi connectivity index (χ2n) is 3.21. The number of ether oxygens (including phenoxy) is 1. The van der Waals surface area contributed by atoms with Gasteiger partial charge >= 0.3 is 5.97 Å². The van der Waals surface area contributed by atoms with Gasteiger partial charge in [-0.2, -0.15) is 0 Å². The van der Waals surface area contributed by atoms with Crippen LogP contribution >= 0.6 is 0 Å². The van der Waals surface area contributed by atoms with Crippen LogP contribution in [-0.4, -0.2) is 24.6 Å². The molecule has 0 saturated carbocycles. The highest BCUT2D eigenvalue weighted by molar-refractivity contribution is 5.77. The second-order valence-corrected chi connectivity index (χ2v) is 3.21. The zero-order valence-electron chi connectivity index (χ0n) is 9.28. The lowest BCUT2D eigenvalue weighted by Crippen LogP contribution is -2.27. The first kappa shape index (κ1) is 11.7. The molecular formula is C11H16N2O2. The molecule has 1 aromatic rings. The van der Waals surface area contributed by atoms with Crippen molar-refractivity contribution in [1.29, 1.82) is 0 Å². The molecule has 1 aromatic heterocycles. The van der Waals surface area contributed by atoms with Crippen LogP contribution in [0.2, 0.25) is 0 Å². The molecule has 4 heteroatoms. The van der Waals surface area contributed by atoms with E-state index in [1.807, 2.05) is 19.1 Å². The number of carbonyl (C=O) groups excluding carboxylic acids is 1. The average Bonchev–Trinajstić information content (AvgIpc) is 2.22. The topological polar surface area (TPSA) is 51.2 Å². The number of carbonyl (C=O) groups is 1. The van der Waals surface area contributed by atoms with Gasteiger partial charge in [0.25, 0.3) is 0 Å². The number of nitrogens with one attached hydrogen (secondary N) is 1. The molecule has 0 aliphatic heterocycles. The molecule has 15 heavy (non-hydrogen) atoms. The van der Waals surface area contributed by atoms with E-state index in [-0.39, 0.29) is 5.97 Å². The van der Waals surface area contributed by atoms with E-state index in [0.717, 1.165) is 11.3 Å². The summed E-state index contributed by atoms with van der Waals surface area (Å²) < 4.78 is 4.95. The van der Waals surface area contributed by atoms with Crippen LogP contribution in [0.25, 0.3) is 0 Å². The van der Waals surface area contributed by atoms with Gasteiger partial charge in [-0.25, -0.2) is 4.79 Å². The van der Waals surface area contributed by atoms with Crippen LogP contribution in [0.5, 0.6) is 0 Å². The number of nitrogens with zero attached hydrogens (tertiary/aromatic N) is 1. The van der Waals surface area contributed by atoms with Gasteiger partial charge in [0.2, 0.25) is 0 Å². The standard InChI is InChI=1S/C11H16N2O2/c1-4-15-11(14)10(12-3)9-6-5-8(2)13-7-9/h5-7,10,12H,4H2,1-3H3. The van der Waals surface area contributed by atoms with Crippen molar-refractivity contribution in [2.75, 3.05) is 13.7 Å². The number of likely N-dealkylation sites (N-methyl/N-ethyl adjacent to an activating group) is 1. The molecule has 0 aliphatic carbocycles. The largest absolute Gasteiger partial charge is 0.465 e. The van der Waals surface area contributed by atoms with Gasteiger partial charge in [-0.05, 0) is 32.5 Å². The van der Waals surface area contributed by atoms with Gasteiger partial charge < -0.3 is 10.1 Å². The third kappa shape index (κ3) is 3.02. The fourth-order valence-electron chi connectivity index (χ4n) is 1.30. The van der Waals surface area contributed by atoms with Gasteiger partial charge in [-0.1, -0.05) is 6.07 Å². The molecule has 0 saturated heterocycles. The first-order valence-corrected chi connectivity index (χ1v) is 4.95. The fourth-order valence-corrected chi connectivity index (χ4v) is 1.30. The number of rotatable bonds is 4. The summed E-state index contributed by atoms with van der Waals surface area (Å²) in [5, 5.41) is 2.91. The maximum Gasteiger partial charge on any atom is 0.327 e. The number of pyridine rings is 1. The van der Waals surface area contributed by atoms with Gasteiger partial charge in [-0.3, -0.25) is 4.98 Å². The first-order chi connectivity index (χ1) is 7.19.